The largest absolute Gasteiger partial charge is 0.378 e. The van der Waals surface area contributed by atoms with Crippen LogP contribution in [0.3, 0.4) is 0 Å². The van der Waals surface area contributed by atoms with E-state index in [1.807, 2.05) is 18.7 Å². The lowest BCUT2D eigenvalue weighted by molar-refractivity contribution is -0.147. The molecule has 1 amide bonds. The molecule has 98 valence electrons. The number of ether oxygens (including phenoxy) is 2. The summed E-state index contributed by atoms with van der Waals surface area (Å²) in [5, 5.41) is 0. The van der Waals surface area contributed by atoms with E-state index in [1.54, 1.807) is 0 Å². The van der Waals surface area contributed by atoms with E-state index >= 15 is 0 Å². The molecule has 0 aromatic rings. The number of hydrogen-bond donors (Lipinski definition) is 1. The Balaban J connectivity index is 1.97. The molecule has 0 saturated carbocycles. The van der Waals surface area contributed by atoms with E-state index < -0.39 is 0 Å². The molecular formula is C12H22N2O3. The number of nitrogens with two attached hydrogens (primary N) is 1. The molecule has 0 aromatic carbocycles. The summed E-state index contributed by atoms with van der Waals surface area (Å²) >= 11 is 0. The molecule has 0 aliphatic carbocycles. The van der Waals surface area contributed by atoms with Crippen LogP contribution in [0.4, 0.5) is 0 Å². The molecule has 2 heterocycles. The highest BCUT2D eigenvalue weighted by Gasteiger charge is 2.36. The van der Waals surface area contributed by atoms with E-state index in [9.17, 15) is 4.79 Å². The standard InChI is InChI=1S/C12H22N2O3/c1-8-6-17-11(4-13)5-14(8)12(15)10-3-9(2)16-7-10/h8-11H,3-7,13H2,1-2H3. The molecule has 2 aliphatic heterocycles. The Kier molecular flexibility index (Phi) is 4.01. The lowest BCUT2D eigenvalue weighted by atomic mass is 10.0. The Morgan fingerprint density at radius 3 is 2.71 bits per heavy atom. The van der Waals surface area contributed by atoms with Crippen LogP contribution in [0.1, 0.15) is 20.3 Å². The number of carbonyl (C=O) groups excluding carboxylic acids is 1. The van der Waals surface area contributed by atoms with Crippen LogP contribution < -0.4 is 5.73 Å². The molecule has 2 N–H and O–H groups in total. The second-order valence-corrected chi connectivity index (χ2v) is 5.11. The third kappa shape index (κ3) is 2.78. The van der Waals surface area contributed by atoms with Gasteiger partial charge in [-0.25, -0.2) is 0 Å². The number of carbonyl (C=O) groups is 1. The molecule has 0 radical (unpaired) electrons. The fourth-order valence-corrected chi connectivity index (χ4v) is 2.49. The summed E-state index contributed by atoms with van der Waals surface area (Å²) in [6.07, 6.45) is 1.01. The van der Waals surface area contributed by atoms with E-state index in [0.29, 0.717) is 26.3 Å². The first-order chi connectivity index (χ1) is 8.11. The molecule has 4 unspecified atom stereocenters. The van der Waals surface area contributed by atoms with Gasteiger partial charge in [-0.05, 0) is 20.3 Å². The molecule has 0 bridgehead atoms. The number of amides is 1. The van der Waals surface area contributed by atoms with Crippen molar-refractivity contribution in [2.75, 3.05) is 26.3 Å². The number of nitrogens with zero attached hydrogens (tertiary/aromatic N) is 1. The molecular weight excluding hydrogens is 220 g/mol. The van der Waals surface area contributed by atoms with Gasteiger partial charge in [-0.15, -0.1) is 0 Å². The van der Waals surface area contributed by atoms with E-state index in [4.69, 9.17) is 15.2 Å². The van der Waals surface area contributed by atoms with Gasteiger partial charge in [-0.3, -0.25) is 4.79 Å². The number of morpholine rings is 1. The molecule has 17 heavy (non-hydrogen) atoms. The van der Waals surface area contributed by atoms with E-state index in [1.165, 1.54) is 0 Å². The predicted octanol–water partition coefficient (Wildman–Crippen LogP) is -0.0140. The molecule has 4 atom stereocenters. The Labute approximate surface area is 102 Å². The van der Waals surface area contributed by atoms with Gasteiger partial charge in [0.1, 0.15) is 0 Å². The smallest absolute Gasteiger partial charge is 0.228 e. The summed E-state index contributed by atoms with van der Waals surface area (Å²) in [7, 11) is 0. The lowest BCUT2D eigenvalue weighted by Crippen LogP contribution is -2.54. The Morgan fingerprint density at radius 1 is 1.35 bits per heavy atom. The second kappa shape index (κ2) is 5.33. The van der Waals surface area contributed by atoms with Crippen LogP contribution in [0.2, 0.25) is 0 Å². The van der Waals surface area contributed by atoms with Crippen molar-refractivity contribution in [3.8, 4) is 0 Å². The van der Waals surface area contributed by atoms with Crippen molar-refractivity contribution < 1.29 is 14.3 Å². The maximum atomic E-state index is 12.4. The fourth-order valence-electron chi connectivity index (χ4n) is 2.49. The van der Waals surface area contributed by atoms with Gasteiger partial charge in [-0.1, -0.05) is 0 Å². The van der Waals surface area contributed by atoms with Gasteiger partial charge >= 0.3 is 0 Å². The highest BCUT2D eigenvalue weighted by molar-refractivity contribution is 5.79. The third-order valence-electron chi connectivity index (χ3n) is 3.60. The molecule has 2 saturated heterocycles. The maximum absolute atomic E-state index is 12.4. The minimum Gasteiger partial charge on any atom is -0.378 e. The Morgan fingerprint density at radius 2 is 2.12 bits per heavy atom. The van der Waals surface area contributed by atoms with Crippen LogP contribution in [0, 0.1) is 5.92 Å². The van der Waals surface area contributed by atoms with Crippen molar-refractivity contribution in [2.45, 2.75) is 38.5 Å². The van der Waals surface area contributed by atoms with Gasteiger partial charge < -0.3 is 20.1 Å². The Bertz CT molecular complexity index is 285. The van der Waals surface area contributed by atoms with Crippen molar-refractivity contribution in [2.24, 2.45) is 11.7 Å². The lowest BCUT2D eigenvalue weighted by Gasteiger charge is -2.38. The first-order valence-corrected chi connectivity index (χ1v) is 6.35. The summed E-state index contributed by atoms with van der Waals surface area (Å²) in [4.78, 5) is 14.3. The zero-order chi connectivity index (χ0) is 12.4. The monoisotopic (exact) mass is 242 g/mol. The molecule has 0 spiro atoms. The zero-order valence-corrected chi connectivity index (χ0v) is 10.6. The van der Waals surface area contributed by atoms with Gasteiger partial charge in [-0.2, -0.15) is 0 Å². The summed E-state index contributed by atoms with van der Waals surface area (Å²) in [5.74, 6) is 0.215. The predicted molar refractivity (Wildman–Crippen MR) is 63.5 cm³/mol. The van der Waals surface area contributed by atoms with Crippen LogP contribution in [-0.2, 0) is 14.3 Å². The first kappa shape index (κ1) is 12.8. The quantitative estimate of drug-likeness (QED) is 0.739. The van der Waals surface area contributed by atoms with Gasteiger partial charge in [0.25, 0.3) is 0 Å². The summed E-state index contributed by atoms with van der Waals surface area (Å²) in [6, 6.07) is 0.140. The van der Waals surface area contributed by atoms with Crippen LogP contribution in [0.15, 0.2) is 0 Å². The summed E-state index contributed by atoms with van der Waals surface area (Å²) in [6.45, 7) is 6.24. The average Bonchev–Trinajstić information content (AvgIpc) is 2.76. The first-order valence-electron chi connectivity index (χ1n) is 6.35. The molecule has 0 aromatic heterocycles. The summed E-state index contributed by atoms with van der Waals surface area (Å²) in [5.41, 5.74) is 5.60. The molecule has 2 aliphatic rings. The molecule has 2 fully saturated rings. The van der Waals surface area contributed by atoms with Crippen LogP contribution >= 0.6 is 0 Å². The highest BCUT2D eigenvalue weighted by Crippen LogP contribution is 2.23. The second-order valence-electron chi connectivity index (χ2n) is 5.11. The van der Waals surface area contributed by atoms with Crippen molar-refractivity contribution in [3.63, 3.8) is 0 Å². The minimum atomic E-state index is -0.0186. The van der Waals surface area contributed by atoms with E-state index in [-0.39, 0.29) is 30.1 Å². The highest BCUT2D eigenvalue weighted by atomic mass is 16.5. The normalized spacial score (nSPS) is 38.4. The summed E-state index contributed by atoms with van der Waals surface area (Å²) < 4.78 is 11.0. The Hall–Kier alpha value is -0.650. The third-order valence-corrected chi connectivity index (χ3v) is 3.60. The topological polar surface area (TPSA) is 64.8 Å². The van der Waals surface area contributed by atoms with E-state index in [0.717, 1.165) is 6.42 Å². The number of rotatable bonds is 2. The molecule has 5 nitrogen and oxygen atoms in total. The van der Waals surface area contributed by atoms with Crippen molar-refractivity contribution in [3.05, 3.63) is 0 Å². The van der Waals surface area contributed by atoms with Crippen molar-refractivity contribution >= 4 is 5.91 Å². The van der Waals surface area contributed by atoms with Crippen molar-refractivity contribution in [1.82, 2.24) is 4.90 Å². The zero-order valence-electron chi connectivity index (χ0n) is 10.6. The van der Waals surface area contributed by atoms with Gasteiger partial charge in [0.15, 0.2) is 0 Å². The number of hydrogen-bond acceptors (Lipinski definition) is 4. The van der Waals surface area contributed by atoms with Crippen LogP contribution in [-0.4, -0.2) is 55.4 Å². The average molecular weight is 242 g/mol. The van der Waals surface area contributed by atoms with E-state index in [2.05, 4.69) is 0 Å². The van der Waals surface area contributed by atoms with Gasteiger partial charge in [0.05, 0.1) is 37.4 Å². The minimum absolute atomic E-state index is 0.0176. The SMILES string of the molecule is CC1CC(C(=O)N2CC(CN)OCC2C)CO1. The molecule has 2 rings (SSSR count). The van der Waals surface area contributed by atoms with Crippen LogP contribution in [0.25, 0.3) is 0 Å². The maximum Gasteiger partial charge on any atom is 0.228 e. The van der Waals surface area contributed by atoms with Gasteiger partial charge in [0.2, 0.25) is 5.91 Å². The molecule has 5 heteroatoms. The van der Waals surface area contributed by atoms with Crippen molar-refractivity contribution in [1.29, 1.82) is 0 Å². The fraction of sp³-hybridized carbons (Fsp3) is 0.917. The van der Waals surface area contributed by atoms with Gasteiger partial charge in [0, 0.05) is 13.1 Å². The van der Waals surface area contributed by atoms with Crippen LogP contribution in [0.5, 0.6) is 0 Å².